The summed E-state index contributed by atoms with van der Waals surface area (Å²) in [5.74, 6) is -10.7. The van der Waals surface area contributed by atoms with Crippen molar-refractivity contribution in [2.75, 3.05) is 32.6 Å². The van der Waals surface area contributed by atoms with E-state index in [9.17, 15) is 79.5 Å². The molecule has 87 heavy (non-hydrogen) atoms. The minimum atomic E-state index is -4.20. The van der Waals surface area contributed by atoms with E-state index >= 15 is 0 Å². The second kappa shape index (κ2) is 33.6. The zero-order chi connectivity index (χ0) is 65.7. The van der Waals surface area contributed by atoms with Crippen molar-refractivity contribution >= 4 is 108 Å². The van der Waals surface area contributed by atoms with Crippen LogP contribution in [0.1, 0.15) is 97.5 Å². The zero-order valence-electron chi connectivity index (χ0n) is 48.7. The first-order chi connectivity index (χ1) is 40.6. The fourth-order valence-electron chi connectivity index (χ4n) is 8.62. The first-order valence-corrected chi connectivity index (χ1v) is 30.6. The minimum absolute atomic E-state index is 0.0223. The Kier molecular flexibility index (Phi) is 28.2. The number of esters is 1. The molecule has 0 bridgehead atoms. The van der Waals surface area contributed by atoms with Gasteiger partial charge in [0.05, 0.1) is 37.3 Å². The summed E-state index contributed by atoms with van der Waals surface area (Å²) in [7, 11) is -6.08. The van der Waals surface area contributed by atoms with Gasteiger partial charge in [0.1, 0.15) is 51.8 Å². The molecule has 32 nitrogen and oxygen atoms in total. The van der Waals surface area contributed by atoms with Gasteiger partial charge >= 0.3 is 5.97 Å². The molecule has 482 valence electrons. The van der Waals surface area contributed by atoms with E-state index in [2.05, 4.69) is 52.6 Å². The highest BCUT2D eigenvalue weighted by Crippen LogP contribution is 2.36. The number of phenolic OH excluding ortho intramolecular Hbond substituents is 1. The van der Waals surface area contributed by atoms with Crippen molar-refractivity contribution < 1.29 is 84.2 Å². The van der Waals surface area contributed by atoms with Gasteiger partial charge in [-0.25, -0.2) is 26.8 Å². The number of nitrogens with one attached hydrogen (secondary N) is 9. The summed E-state index contributed by atoms with van der Waals surface area (Å²) in [6.45, 7) is 5.87. The average Bonchev–Trinajstić information content (AvgIpc) is 1.02. The fraction of sp³-hybridized carbons (Fsp3) is 0.538. The number of carbonyl (C=O) groups is 12. The molecule has 2 aliphatic rings. The maximum atomic E-state index is 13.9. The van der Waals surface area contributed by atoms with Gasteiger partial charge < -0.3 is 74.9 Å². The monoisotopic (exact) mass is 1280 g/mol. The van der Waals surface area contributed by atoms with Crippen LogP contribution >= 0.6 is 11.6 Å². The number of ether oxygens (including phenoxy) is 1. The standard InChI is InChI=1S/C42H65N11O12.C10H12ClN3O6S2/c1-5-23(4)36-42(65)51-27(15-16-31(43)55)39(62)52-30(19-32(44)56)40(63)50-26(37(60)47-21-35(59)49-28(17-22(2)3)38(61)46-20-33(45)57)9-7-6-8-10-34(58)48-29(41(64)53-36)18-24-11-13-25(54)14-12-24;1-14-9(10(15)20-2)13-6-3-5(11)7(21(12,16)17)4-8(6)22(14,18)19/h11-14,22-23,26-30,36,54H,5-10,15-21H2,1-4H3,(H2,43,55)(H2,44,56)(H2,45,57)(H,46,61)(H,47,60)(H,48,58)(H,49,59)(H,50,63)(H,51,65)(H,52,62)(H,53,64);3-4,9,13H,1-2H3,(H2,12,16,17)/t23-,26-,27-,28-,29-,30-,36-;/m0./s1. The number of rotatable bonds is 20. The van der Waals surface area contributed by atoms with E-state index in [0.717, 1.165) is 30.6 Å². The number of phenols is 1. The van der Waals surface area contributed by atoms with Crippen LogP contribution in [-0.4, -0.2) is 167 Å². The van der Waals surface area contributed by atoms with Crippen molar-refractivity contribution in [1.29, 1.82) is 0 Å². The van der Waals surface area contributed by atoms with Gasteiger partial charge in [-0.15, -0.1) is 0 Å². The molecule has 1 saturated heterocycles. The van der Waals surface area contributed by atoms with Crippen LogP contribution in [0.4, 0.5) is 5.69 Å². The Morgan fingerprint density at radius 1 is 0.793 bits per heavy atom. The Bertz CT molecular complexity index is 3120. The SMILES string of the molecule is CC[C@H](C)[C@@H]1NC(=O)[C@H](Cc2ccc(O)cc2)NC(=O)CCCCC[C@@H](C(=O)NCC(=O)N[C@@H](CC(C)C)C(=O)NCC(N)=O)NC(=O)[C@H](CC(N)=O)NC(=O)[C@H](CCC(N)=O)NC1=O.COC(=O)C1Nc2cc(Cl)c(S(N)(=O)=O)cc2S(=O)(=O)N1C. The third kappa shape index (κ3) is 23.2. The van der Waals surface area contributed by atoms with Crippen LogP contribution in [-0.2, 0) is 88.7 Å². The topological polar surface area (TPSA) is 518 Å². The van der Waals surface area contributed by atoms with Gasteiger partial charge in [0.2, 0.25) is 85.0 Å². The third-order valence-corrected chi connectivity index (χ3v) is 16.7. The molecule has 35 heteroatoms. The summed E-state index contributed by atoms with van der Waals surface area (Å²) in [5, 5.41) is 37.1. The largest absolute Gasteiger partial charge is 0.508 e. The van der Waals surface area contributed by atoms with Crippen molar-refractivity contribution in [3.8, 4) is 5.75 Å². The first-order valence-electron chi connectivity index (χ1n) is 27.3. The molecule has 2 heterocycles. The number of methoxy groups -OCH3 is 1. The summed E-state index contributed by atoms with van der Waals surface area (Å²) in [6, 6.07) is -0.383. The molecule has 0 radical (unpaired) electrons. The summed E-state index contributed by atoms with van der Waals surface area (Å²) in [4.78, 5) is 154. The van der Waals surface area contributed by atoms with Crippen molar-refractivity contribution in [2.24, 2.45) is 34.2 Å². The Morgan fingerprint density at radius 2 is 1.41 bits per heavy atom. The summed E-state index contributed by atoms with van der Waals surface area (Å²) >= 11 is 5.81. The molecule has 11 amide bonds. The number of amides is 11. The van der Waals surface area contributed by atoms with E-state index in [1.54, 1.807) is 39.8 Å². The molecule has 2 aromatic carbocycles. The number of aromatic hydroxyl groups is 1. The number of sulfonamides is 2. The van der Waals surface area contributed by atoms with Gasteiger partial charge in [0.25, 0.3) is 0 Å². The molecule has 0 aromatic heterocycles. The van der Waals surface area contributed by atoms with E-state index in [4.69, 9.17) is 33.9 Å². The number of anilines is 1. The quantitative estimate of drug-likeness (QED) is 0.0567. The van der Waals surface area contributed by atoms with E-state index in [1.165, 1.54) is 12.1 Å². The van der Waals surface area contributed by atoms with Crippen LogP contribution in [0.15, 0.2) is 46.2 Å². The summed E-state index contributed by atoms with van der Waals surface area (Å²) in [6.07, 6.45) is -1.73. The van der Waals surface area contributed by atoms with Gasteiger partial charge in [-0.1, -0.05) is 70.7 Å². The highest BCUT2D eigenvalue weighted by atomic mass is 35.5. The van der Waals surface area contributed by atoms with Crippen molar-refractivity contribution in [1.82, 2.24) is 46.8 Å². The van der Waals surface area contributed by atoms with E-state index in [-0.39, 0.29) is 72.2 Å². The molecule has 0 aliphatic carbocycles. The van der Waals surface area contributed by atoms with E-state index in [1.807, 2.05) is 0 Å². The number of fused-ring (bicyclic) bond motifs is 1. The first kappa shape index (κ1) is 73.0. The smallest absolute Gasteiger partial charge is 0.344 e. The molecule has 0 saturated carbocycles. The second-order valence-electron chi connectivity index (χ2n) is 20.9. The normalized spacial score (nSPS) is 21.3. The van der Waals surface area contributed by atoms with Gasteiger partial charge in [0.15, 0.2) is 6.17 Å². The minimum Gasteiger partial charge on any atom is -0.508 e. The number of benzene rings is 2. The number of primary amides is 3. The number of likely N-dealkylation sites (N-methyl/N-ethyl adjacent to an activating group) is 1. The summed E-state index contributed by atoms with van der Waals surface area (Å²) in [5.41, 5.74) is 16.5. The van der Waals surface area contributed by atoms with Crippen molar-refractivity contribution in [3.63, 3.8) is 0 Å². The zero-order valence-corrected chi connectivity index (χ0v) is 51.1. The molecule has 2 aromatic rings. The van der Waals surface area contributed by atoms with Gasteiger partial charge in [-0.05, 0) is 67.3 Å². The molecular weight excluding hydrogens is 1210 g/mol. The van der Waals surface area contributed by atoms with Gasteiger partial charge in [-0.2, -0.15) is 4.31 Å². The molecule has 1 unspecified atom stereocenters. The number of carbonyl (C=O) groups excluding carboxylic acids is 12. The van der Waals surface area contributed by atoms with Crippen LogP contribution < -0.4 is 70.2 Å². The number of primary sulfonamides is 1. The molecule has 8 atom stereocenters. The number of nitrogens with two attached hydrogens (primary N) is 4. The average molecular weight is 1290 g/mol. The van der Waals surface area contributed by atoms with Crippen LogP contribution in [0.25, 0.3) is 0 Å². The molecule has 1 fully saturated rings. The lowest BCUT2D eigenvalue weighted by Gasteiger charge is -2.33. The molecule has 0 spiro atoms. The third-order valence-electron chi connectivity index (χ3n) is 13.5. The number of halogens is 1. The predicted molar refractivity (Wildman–Crippen MR) is 310 cm³/mol. The van der Waals surface area contributed by atoms with Crippen LogP contribution in [0.3, 0.4) is 0 Å². The maximum absolute atomic E-state index is 13.9. The maximum Gasteiger partial charge on any atom is 0.344 e. The van der Waals surface area contributed by atoms with Crippen LogP contribution in [0.2, 0.25) is 5.02 Å². The lowest BCUT2D eigenvalue weighted by atomic mass is 9.96. The van der Waals surface area contributed by atoms with E-state index in [0.29, 0.717) is 18.4 Å². The van der Waals surface area contributed by atoms with Crippen LogP contribution in [0, 0.1) is 11.8 Å². The molecule has 4 rings (SSSR count). The Balaban J connectivity index is 0.000000746. The van der Waals surface area contributed by atoms with Crippen molar-refractivity contribution in [2.45, 2.75) is 151 Å². The lowest BCUT2D eigenvalue weighted by Crippen LogP contribution is -2.60. The Labute approximate surface area is 507 Å². The predicted octanol–water partition coefficient (Wildman–Crippen LogP) is -3.71. The Hall–Kier alpha value is -8.21. The van der Waals surface area contributed by atoms with Crippen LogP contribution in [0.5, 0.6) is 5.75 Å². The lowest BCUT2D eigenvalue weighted by molar-refractivity contribution is -0.144. The van der Waals surface area contributed by atoms with E-state index < -0.39 is 170 Å². The number of hydrogen-bond acceptors (Lipinski definition) is 19. The number of nitrogens with zero attached hydrogens (tertiary/aromatic N) is 1. The molecule has 2 aliphatic heterocycles. The Morgan fingerprint density at radius 3 is 1.99 bits per heavy atom. The molecule has 18 N–H and O–H groups in total. The number of hydrogen-bond donors (Lipinski definition) is 14. The van der Waals surface area contributed by atoms with Gasteiger partial charge in [-0.3, -0.25) is 52.7 Å². The summed E-state index contributed by atoms with van der Waals surface area (Å²) < 4.78 is 53.0. The van der Waals surface area contributed by atoms with Gasteiger partial charge in [0, 0.05) is 26.3 Å². The van der Waals surface area contributed by atoms with Crippen molar-refractivity contribution in [3.05, 3.63) is 47.0 Å². The highest BCUT2D eigenvalue weighted by Gasteiger charge is 2.42. The fourth-order valence-corrected chi connectivity index (χ4v) is 11.2. The molecular formula is C52H77ClN14O18S2. The highest BCUT2D eigenvalue weighted by molar-refractivity contribution is 7.90. The second-order valence-corrected chi connectivity index (χ2v) is 24.8.